The maximum Gasteiger partial charge on any atom is 0.295 e. The van der Waals surface area contributed by atoms with Crippen molar-refractivity contribution in [2.75, 3.05) is 27.4 Å². The Labute approximate surface area is 192 Å². The molecule has 0 aliphatic carbocycles. The first-order valence-corrected chi connectivity index (χ1v) is 10.9. The van der Waals surface area contributed by atoms with Gasteiger partial charge in [0.1, 0.15) is 11.5 Å². The van der Waals surface area contributed by atoms with E-state index in [-0.39, 0.29) is 30.4 Å². The summed E-state index contributed by atoms with van der Waals surface area (Å²) in [5.41, 5.74) is 3.07. The molecule has 1 fully saturated rings. The van der Waals surface area contributed by atoms with E-state index in [1.807, 2.05) is 44.2 Å². The SMILES string of the molecule is COCCN1C(=O)C(=O)/C(=C(/O)c2ccc(OC)c(C(C)C)c2)C1c1c[nH]c2ccccc12. The van der Waals surface area contributed by atoms with Crippen molar-refractivity contribution in [1.29, 1.82) is 0 Å². The van der Waals surface area contributed by atoms with Crippen molar-refractivity contribution < 1.29 is 24.2 Å². The highest BCUT2D eigenvalue weighted by atomic mass is 16.5. The number of amides is 1. The number of benzene rings is 2. The van der Waals surface area contributed by atoms with Crippen molar-refractivity contribution in [2.24, 2.45) is 0 Å². The summed E-state index contributed by atoms with van der Waals surface area (Å²) in [6.45, 7) is 4.54. The number of hydrogen-bond donors (Lipinski definition) is 2. The lowest BCUT2D eigenvalue weighted by molar-refractivity contribution is -0.140. The summed E-state index contributed by atoms with van der Waals surface area (Å²) < 4.78 is 10.6. The number of aliphatic hydroxyl groups is 1. The zero-order chi connectivity index (χ0) is 23.7. The van der Waals surface area contributed by atoms with Crippen LogP contribution in [0.3, 0.4) is 0 Å². The number of aromatic nitrogens is 1. The summed E-state index contributed by atoms with van der Waals surface area (Å²) in [5, 5.41) is 12.2. The second-order valence-electron chi connectivity index (χ2n) is 8.39. The number of methoxy groups -OCH3 is 2. The molecule has 2 N–H and O–H groups in total. The van der Waals surface area contributed by atoms with Gasteiger partial charge in [-0.25, -0.2) is 0 Å². The van der Waals surface area contributed by atoms with Crippen molar-refractivity contribution in [3.8, 4) is 5.75 Å². The topological polar surface area (TPSA) is 91.9 Å². The minimum atomic E-state index is -0.735. The molecule has 172 valence electrons. The number of nitrogens with zero attached hydrogens (tertiary/aromatic N) is 1. The molecule has 1 amide bonds. The Hall–Kier alpha value is -3.58. The fraction of sp³-hybridized carbons (Fsp3) is 0.308. The van der Waals surface area contributed by atoms with Crippen molar-refractivity contribution in [3.63, 3.8) is 0 Å². The maximum absolute atomic E-state index is 13.2. The summed E-state index contributed by atoms with van der Waals surface area (Å²) in [6, 6.07) is 12.2. The number of aliphatic hydroxyl groups excluding tert-OH is 1. The van der Waals surface area contributed by atoms with E-state index in [9.17, 15) is 14.7 Å². The van der Waals surface area contributed by atoms with Gasteiger partial charge in [0.2, 0.25) is 0 Å². The second-order valence-corrected chi connectivity index (χ2v) is 8.39. The number of H-pyrrole nitrogens is 1. The number of Topliss-reactive ketones (excluding diaryl/α,β-unsaturated/α-hetero) is 1. The minimum Gasteiger partial charge on any atom is -0.507 e. The third-order valence-corrected chi connectivity index (χ3v) is 6.12. The fourth-order valence-corrected chi connectivity index (χ4v) is 4.43. The van der Waals surface area contributed by atoms with Gasteiger partial charge in [0, 0.05) is 41.9 Å². The smallest absolute Gasteiger partial charge is 0.295 e. The highest BCUT2D eigenvalue weighted by Crippen LogP contribution is 2.42. The first-order chi connectivity index (χ1) is 15.9. The summed E-state index contributed by atoms with van der Waals surface area (Å²) in [4.78, 5) is 30.9. The average molecular weight is 449 g/mol. The van der Waals surface area contributed by atoms with E-state index in [2.05, 4.69) is 4.98 Å². The molecule has 2 aromatic carbocycles. The molecule has 1 aromatic heterocycles. The molecule has 33 heavy (non-hydrogen) atoms. The Balaban J connectivity index is 1.92. The van der Waals surface area contributed by atoms with Gasteiger partial charge >= 0.3 is 0 Å². The Kier molecular flexibility index (Phi) is 6.24. The van der Waals surface area contributed by atoms with Crippen LogP contribution < -0.4 is 4.74 Å². The Morgan fingerprint density at radius 1 is 1.15 bits per heavy atom. The standard InChI is InChI=1S/C26H28N2O5/c1-15(2)18-13-16(9-10-21(18)33-4)24(29)22-23(28(11-12-32-3)26(31)25(22)30)19-14-27-20-8-6-5-7-17(19)20/h5-10,13-15,23,27,29H,11-12H2,1-4H3/b24-22+. The lowest BCUT2D eigenvalue weighted by atomic mass is 9.93. The molecular formula is C26H28N2O5. The predicted molar refractivity (Wildman–Crippen MR) is 126 cm³/mol. The number of hydrogen-bond acceptors (Lipinski definition) is 5. The van der Waals surface area contributed by atoms with E-state index in [4.69, 9.17) is 9.47 Å². The number of ketones is 1. The number of nitrogens with one attached hydrogen (secondary N) is 1. The van der Waals surface area contributed by atoms with Crippen molar-refractivity contribution >= 4 is 28.4 Å². The third kappa shape index (κ3) is 3.89. The van der Waals surface area contributed by atoms with Crippen LogP contribution >= 0.6 is 0 Å². The van der Waals surface area contributed by atoms with Gasteiger partial charge < -0.3 is 24.5 Å². The molecule has 2 heterocycles. The Morgan fingerprint density at radius 3 is 2.61 bits per heavy atom. The van der Waals surface area contributed by atoms with Crippen LogP contribution in [0, 0.1) is 0 Å². The summed E-state index contributed by atoms with van der Waals surface area (Å²) in [5.74, 6) is -0.716. The van der Waals surface area contributed by atoms with Crippen molar-refractivity contribution in [3.05, 3.63) is 70.9 Å². The van der Waals surface area contributed by atoms with Crippen LogP contribution in [-0.4, -0.2) is 54.1 Å². The van der Waals surface area contributed by atoms with E-state index < -0.39 is 17.7 Å². The maximum atomic E-state index is 13.2. The molecule has 0 bridgehead atoms. The van der Waals surface area contributed by atoms with Crippen LogP contribution in [0.25, 0.3) is 16.7 Å². The van der Waals surface area contributed by atoms with Gasteiger partial charge in [0.25, 0.3) is 11.7 Å². The van der Waals surface area contributed by atoms with Crippen LogP contribution in [0.4, 0.5) is 0 Å². The van der Waals surface area contributed by atoms with Gasteiger partial charge in [0.05, 0.1) is 25.3 Å². The number of carbonyl (C=O) groups excluding carboxylic acids is 2. The van der Waals surface area contributed by atoms with Crippen LogP contribution in [0.2, 0.25) is 0 Å². The average Bonchev–Trinajstić information content (AvgIpc) is 3.35. The van der Waals surface area contributed by atoms with Gasteiger partial charge in [-0.05, 0) is 35.7 Å². The van der Waals surface area contributed by atoms with Crippen LogP contribution in [0.15, 0.2) is 54.2 Å². The van der Waals surface area contributed by atoms with Gasteiger partial charge in [0.15, 0.2) is 0 Å². The van der Waals surface area contributed by atoms with Crippen molar-refractivity contribution in [2.45, 2.75) is 25.8 Å². The number of rotatable bonds is 7. The first-order valence-electron chi connectivity index (χ1n) is 10.9. The zero-order valence-electron chi connectivity index (χ0n) is 19.2. The largest absolute Gasteiger partial charge is 0.507 e. The highest BCUT2D eigenvalue weighted by molar-refractivity contribution is 6.46. The van der Waals surface area contributed by atoms with E-state index in [0.29, 0.717) is 11.3 Å². The second kappa shape index (κ2) is 9.11. The molecule has 1 atom stereocenters. The molecule has 1 aliphatic heterocycles. The number of aromatic amines is 1. The molecule has 0 radical (unpaired) electrons. The quantitative estimate of drug-likeness (QED) is 0.318. The lowest BCUT2D eigenvalue weighted by Crippen LogP contribution is -2.32. The highest BCUT2D eigenvalue weighted by Gasteiger charge is 2.46. The predicted octanol–water partition coefficient (Wildman–Crippen LogP) is 4.37. The van der Waals surface area contributed by atoms with Crippen LogP contribution in [0.1, 0.15) is 42.5 Å². The van der Waals surface area contributed by atoms with Crippen LogP contribution in [0.5, 0.6) is 5.75 Å². The summed E-state index contributed by atoms with van der Waals surface area (Å²) >= 11 is 0. The molecule has 4 rings (SSSR count). The number of carbonyl (C=O) groups is 2. The van der Waals surface area contributed by atoms with E-state index in [0.717, 1.165) is 22.0 Å². The van der Waals surface area contributed by atoms with E-state index >= 15 is 0 Å². The number of likely N-dealkylation sites (tertiary alicyclic amines) is 1. The van der Waals surface area contributed by atoms with E-state index in [1.165, 1.54) is 4.90 Å². The normalized spacial score (nSPS) is 18.0. The molecule has 1 unspecified atom stereocenters. The minimum absolute atomic E-state index is 0.0701. The summed E-state index contributed by atoms with van der Waals surface area (Å²) in [6.07, 6.45) is 1.79. The van der Waals surface area contributed by atoms with E-state index in [1.54, 1.807) is 32.5 Å². The molecular weight excluding hydrogens is 420 g/mol. The van der Waals surface area contributed by atoms with Gasteiger partial charge in [-0.1, -0.05) is 32.0 Å². The van der Waals surface area contributed by atoms with Crippen molar-refractivity contribution in [1.82, 2.24) is 9.88 Å². The molecule has 7 nitrogen and oxygen atoms in total. The first kappa shape index (κ1) is 22.6. The third-order valence-electron chi connectivity index (χ3n) is 6.12. The Morgan fingerprint density at radius 2 is 1.91 bits per heavy atom. The number of ether oxygens (including phenoxy) is 2. The zero-order valence-corrected chi connectivity index (χ0v) is 19.2. The molecule has 1 saturated heterocycles. The van der Waals surface area contributed by atoms with Gasteiger partial charge in [-0.3, -0.25) is 9.59 Å². The molecule has 7 heteroatoms. The number of para-hydroxylation sites is 1. The monoisotopic (exact) mass is 448 g/mol. The number of fused-ring (bicyclic) bond motifs is 1. The Bertz CT molecular complexity index is 1240. The van der Waals surface area contributed by atoms with Gasteiger partial charge in [-0.15, -0.1) is 0 Å². The molecule has 1 aliphatic rings. The lowest BCUT2D eigenvalue weighted by Gasteiger charge is -2.24. The molecule has 0 saturated carbocycles. The van der Waals surface area contributed by atoms with Gasteiger partial charge in [-0.2, -0.15) is 0 Å². The molecule has 3 aromatic rings. The molecule has 0 spiro atoms. The summed E-state index contributed by atoms with van der Waals surface area (Å²) in [7, 11) is 3.14. The van der Waals surface area contributed by atoms with Crippen LogP contribution in [-0.2, 0) is 14.3 Å². The fourth-order valence-electron chi connectivity index (χ4n) is 4.43.